The average Bonchev–Trinajstić information content (AvgIpc) is 2.63. The molecule has 6 heteroatoms. The van der Waals surface area contributed by atoms with Crippen LogP contribution in [0.15, 0.2) is 69.9 Å². The molecular formula is C20H18BrN3O2. The van der Waals surface area contributed by atoms with Crippen LogP contribution >= 0.6 is 15.9 Å². The SMILES string of the molecule is Cc1cccc(N(C)C(=O)Cn2nc(-c3ccc(Br)cc3)ccc2=O)c1. The van der Waals surface area contributed by atoms with Gasteiger partial charge in [-0.3, -0.25) is 9.59 Å². The summed E-state index contributed by atoms with van der Waals surface area (Å²) in [5.41, 5.74) is 3.06. The number of carbonyl (C=O) groups is 1. The Morgan fingerprint density at radius 2 is 1.85 bits per heavy atom. The van der Waals surface area contributed by atoms with Crippen molar-refractivity contribution in [3.05, 3.63) is 81.1 Å². The first-order valence-corrected chi connectivity index (χ1v) is 8.91. The number of anilines is 1. The van der Waals surface area contributed by atoms with Crippen molar-refractivity contribution >= 4 is 27.5 Å². The molecule has 0 bridgehead atoms. The van der Waals surface area contributed by atoms with Crippen LogP contribution in [0.25, 0.3) is 11.3 Å². The predicted octanol–water partition coefficient (Wildman–Crippen LogP) is 3.64. The summed E-state index contributed by atoms with van der Waals surface area (Å²) in [4.78, 5) is 26.3. The molecule has 0 saturated heterocycles. The van der Waals surface area contributed by atoms with E-state index in [1.54, 1.807) is 13.1 Å². The van der Waals surface area contributed by atoms with Gasteiger partial charge in [-0.1, -0.05) is 40.2 Å². The number of amides is 1. The Morgan fingerprint density at radius 1 is 1.12 bits per heavy atom. The number of nitrogens with zero attached hydrogens (tertiary/aromatic N) is 3. The molecule has 1 heterocycles. The van der Waals surface area contributed by atoms with Crippen molar-refractivity contribution in [2.45, 2.75) is 13.5 Å². The van der Waals surface area contributed by atoms with Gasteiger partial charge in [0.2, 0.25) is 5.91 Å². The number of aryl methyl sites for hydroxylation is 1. The van der Waals surface area contributed by atoms with E-state index in [2.05, 4.69) is 21.0 Å². The normalized spacial score (nSPS) is 10.6. The van der Waals surface area contributed by atoms with E-state index in [0.29, 0.717) is 5.69 Å². The first kappa shape index (κ1) is 18.1. The lowest BCUT2D eigenvalue weighted by molar-refractivity contribution is -0.119. The number of aromatic nitrogens is 2. The van der Waals surface area contributed by atoms with Gasteiger partial charge in [-0.25, -0.2) is 4.68 Å². The summed E-state index contributed by atoms with van der Waals surface area (Å²) >= 11 is 3.39. The zero-order chi connectivity index (χ0) is 18.7. The highest BCUT2D eigenvalue weighted by molar-refractivity contribution is 9.10. The molecule has 3 rings (SSSR count). The highest BCUT2D eigenvalue weighted by Gasteiger charge is 2.14. The van der Waals surface area contributed by atoms with Gasteiger partial charge in [-0.2, -0.15) is 5.10 Å². The van der Waals surface area contributed by atoms with Gasteiger partial charge in [-0.05, 0) is 42.8 Å². The molecule has 0 N–H and O–H groups in total. The van der Waals surface area contributed by atoms with Gasteiger partial charge in [0.15, 0.2) is 0 Å². The molecule has 132 valence electrons. The van der Waals surface area contributed by atoms with Crippen LogP contribution < -0.4 is 10.5 Å². The molecule has 0 spiro atoms. The monoisotopic (exact) mass is 411 g/mol. The quantitative estimate of drug-likeness (QED) is 0.658. The lowest BCUT2D eigenvalue weighted by Crippen LogP contribution is -2.35. The van der Waals surface area contributed by atoms with Crippen LogP contribution in [0.1, 0.15) is 5.56 Å². The maximum Gasteiger partial charge on any atom is 0.267 e. The van der Waals surface area contributed by atoms with E-state index in [4.69, 9.17) is 0 Å². The van der Waals surface area contributed by atoms with Crippen molar-refractivity contribution in [2.75, 3.05) is 11.9 Å². The Kier molecular flexibility index (Phi) is 5.32. The van der Waals surface area contributed by atoms with Crippen molar-refractivity contribution in [1.82, 2.24) is 9.78 Å². The van der Waals surface area contributed by atoms with Gasteiger partial charge < -0.3 is 4.90 Å². The Bertz CT molecular complexity index is 996. The van der Waals surface area contributed by atoms with Crippen LogP contribution in [-0.2, 0) is 11.3 Å². The zero-order valence-corrected chi connectivity index (χ0v) is 16.1. The van der Waals surface area contributed by atoms with E-state index in [1.807, 2.05) is 55.5 Å². The first-order chi connectivity index (χ1) is 12.4. The minimum Gasteiger partial charge on any atom is -0.314 e. The topological polar surface area (TPSA) is 55.2 Å². The van der Waals surface area contributed by atoms with Gasteiger partial charge in [-0.15, -0.1) is 0 Å². The van der Waals surface area contributed by atoms with E-state index in [1.165, 1.54) is 15.6 Å². The average molecular weight is 412 g/mol. The van der Waals surface area contributed by atoms with Gasteiger partial charge in [0.25, 0.3) is 5.56 Å². The molecule has 0 fully saturated rings. The van der Waals surface area contributed by atoms with Gasteiger partial charge >= 0.3 is 0 Å². The fraction of sp³-hybridized carbons (Fsp3) is 0.150. The van der Waals surface area contributed by atoms with E-state index < -0.39 is 0 Å². The molecule has 1 aromatic heterocycles. The molecule has 5 nitrogen and oxygen atoms in total. The minimum absolute atomic E-state index is 0.117. The van der Waals surface area contributed by atoms with Crippen LogP contribution in [0.4, 0.5) is 5.69 Å². The molecule has 1 amide bonds. The summed E-state index contributed by atoms with van der Waals surface area (Å²) in [6.07, 6.45) is 0. The number of likely N-dealkylation sites (N-methyl/N-ethyl adjacent to an activating group) is 1. The molecule has 2 aromatic carbocycles. The standard InChI is InChI=1S/C20H18BrN3O2/c1-14-4-3-5-17(12-14)23(2)20(26)13-24-19(25)11-10-18(22-24)15-6-8-16(21)9-7-15/h3-12H,13H2,1-2H3. The van der Waals surface area contributed by atoms with E-state index in [9.17, 15) is 9.59 Å². The Labute approximate surface area is 160 Å². The largest absolute Gasteiger partial charge is 0.314 e. The lowest BCUT2D eigenvalue weighted by atomic mass is 10.1. The molecule has 0 unspecified atom stereocenters. The van der Waals surface area contributed by atoms with Crippen LogP contribution in [0.2, 0.25) is 0 Å². The Hall–Kier alpha value is -2.73. The predicted molar refractivity (Wildman–Crippen MR) is 106 cm³/mol. The van der Waals surface area contributed by atoms with E-state index >= 15 is 0 Å². The summed E-state index contributed by atoms with van der Waals surface area (Å²) in [5, 5.41) is 4.35. The summed E-state index contributed by atoms with van der Waals surface area (Å²) < 4.78 is 2.16. The second-order valence-electron chi connectivity index (χ2n) is 6.01. The maximum atomic E-state index is 12.6. The fourth-order valence-electron chi connectivity index (χ4n) is 2.55. The number of carbonyl (C=O) groups excluding carboxylic acids is 1. The van der Waals surface area contributed by atoms with Crippen LogP contribution in [0, 0.1) is 6.92 Å². The highest BCUT2D eigenvalue weighted by Crippen LogP contribution is 2.19. The Balaban J connectivity index is 1.85. The van der Waals surface area contributed by atoms with Gasteiger partial charge in [0, 0.05) is 28.8 Å². The zero-order valence-electron chi connectivity index (χ0n) is 14.5. The summed E-state index contributed by atoms with van der Waals surface area (Å²) in [7, 11) is 1.70. The van der Waals surface area contributed by atoms with Gasteiger partial charge in [0.05, 0.1) is 5.69 Å². The number of hydrogen-bond donors (Lipinski definition) is 0. The van der Waals surface area contributed by atoms with Crippen LogP contribution in [0.5, 0.6) is 0 Å². The lowest BCUT2D eigenvalue weighted by Gasteiger charge is -2.18. The molecule has 0 atom stereocenters. The van der Waals surface area contributed by atoms with Crippen molar-refractivity contribution in [2.24, 2.45) is 0 Å². The molecule has 26 heavy (non-hydrogen) atoms. The fourth-order valence-corrected chi connectivity index (χ4v) is 2.82. The molecule has 0 aliphatic carbocycles. The minimum atomic E-state index is -0.308. The second-order valence-corrected chi connectivity index (χ2v) is 6.93. The second kappa shape index (κ2) is 7.66. The number of hydrogen-bond acceptors (Lipinski definition) is 3. The molecule has 0 radical (unpaired) electrons. The number of benzene rings is 2. The summed E-state index contributed by atoms with van der Waals surface area (Å²) in [5.74, 6) is -0.210. The Morgan fingerprint density at radius 3 is 2.54 bits per heavy atom. The van der Waals surface area contributed by atoms with Crippen LogP contribution in [-0.4, -0.2) is 22.7 Å². The summed E-state index contributed by atoms with van der Waals surface area (Å²) in [6.45, 7) is 1.85. The highest BCUT2D eigenvalue weighted by atomic mass is 79.9. The van der Waals surface area contributed by atoms with E-state index in [0.717, 1.165) is 21.3 Å². The number of rotatable bonds is 4. The summed E-state index contributed by atoms with van der Waals surface area (Å²) in [6, 6.07) is 18.4. The third-order valence-electron chi connectivity index (χ3n) is 4.05. The molecule has 0 saturated carbocycles. The van der Waals surface area contributed by atoms with Crippen LogP contribution in [0.3, 0.4) is 0 Å². The molecular weight excluding hydrogens is 394 g/mol. The molecule has 0 aliphatic heterocycles. The third kappa shape index (κ3) is 4.08. The maximum absolute atomic E-state index is 12.6. The van der Waals surface area contributed by atoms with Crippen molar-refractivity contribution in [3.63, 3.8) is 0 Å². The molecule has 3 aromatic rings. The molecule has 0 aliphatic rings. The third-order valence-corrected chi connectivity index (χ3v) is 4.58. The van der Waals surface area contributed by atoms with Gasteiger partial charge in [0.1, 0.15) is 6.54 Å². The van der Waals surface area contributed by atoms with E-state index in [-0.39, 0.29) is 18.0 Å². The number of halogens is 1. The van der Waals surface area contributed by atoms with Crippen molar-refractivity contribution in [1.29, 1.82) is 0 Å². The first-order valence-electron chi connectivity index (χ1n) is 8.11. The smallest absolute Gasteiger partial charge is 0.267 e. The van der Waals surface area contributed by atoms with Crippen molar-refractivity contribution in [3.8, 4) is 11.3 Å². The van der Waals surface area contributed by atoms with Crippen molar-refractivity contribution < 1.29 is 4.79 Å².